The number of nitrogens with one attached hydrogen (secondary N) is 1. The van der Waals surface area contributed by atoms with E-state index in [0.29, 0.717) is 0 Å². The number of fused-ring (bicyclic) bond motifs is 1. The van der Waals surface area contributed by atoms with E-state index in [0.717, 1.165) is 35.1 Å². The molecular formula is C23H33N3O2. The molecule has 1 heterocycles. The van der Waals surface area contributed by atoms with Crippen molar-refractivity contribution in [2.45, 2.75) is 45.8 Å². The lowest BCUT2D eigenvalue weighted by molar-refractivity contribution is -0.0231. The minimum atomic E-state index is -0.109. The van der Waals surface area contributed by atoms with Gasteiger partial charge in [-0.05, 0) is 55.8 Å². The van der Waals surface area contributed by atoms with Gasteiger partial charge < -0.3 is 15.0 Å². The van der Waals surface area contributed by atoms with E-state index in [1.165, 1.54) is 6.42 Å². The number of rotatable bonds is 4. The zero-order valence-corrected chi connectivity index (χ0v) is 18.0. The van der Waals surface area contributed by atoms with E-state index >= 15 is 0 Å². The van der Waals surface area contributed by atoms with Crippen LogP contribution >= 0.6 is 0 Å². The van der Waals surface area contributed by atoms with Crippen LogP contribution < -0.4 is 10.1 Å². The number of carbonyl (C=O) groups excluding carboxylic acids is 1. The lowest BCUT2D eigenvalue weighted by Crippen LogP contribution is -2.59. The summed E-state index contributed by atoms with van der Waals surface area (Å²) in [5.41, 5.74) is 1.16. The number of methoxy groups -OCH3 is 1. The first kappa shape index (κ1) is 20.5. The molecule has 5 nitrogen and oxygen atoms in total. The first-order chi connectivity index (χ1) is 13.3. The summed E-state index contributed by atoms with van der Waals surface area (Å²) >= 11 is 0. The molecule has 0 saturated carbocycles. The van der Waals surface area contributed by atoms with Crippen molar-refractivity contribution in [3.63, 3.8) is 0 Å². The average Bonchev–Trinajstić information content (AvgIpc) is 2.66. The summed E-state index contributed by atoms with van der Waals surface area (Å²) in [6.07, 6.45) is 2.38. The number of amides is 2. The van der Waals surface area contributed by atoms with Gasteiger partial charge in [-0.2, -0.15) is 0 Å². The molecule has 1 aliphatic rings. The fraction of sp³-hybridized carbons (Fsp3) is 0.522. The highest BCUT2D eigenvalue weighted by atomic mass is 16.5. The number of carbonyl (C=O) groups is 1. The highest BCUT2D eigenvalue weighted by Crippen LogP contribution is 2.36. The van der Waals surface area contributed by atoms with Gasteiger partial charge in [0.15, 0.2) is 0 Å². The fourth-order valence-corrected chi connectivity index (χ4v) is 4.78. The number of nitrogens with zero attached hydrogens (tertiary/aromatic N) is 2. The van der Waals surface area contributed by atoms with Crippen LogP contribution in [0.4, 0.5) is 4.79 Å². The fourth-order valence-electron chi connectivity index (χ4n) is 4.78. The molecule has 1 saturated heterocycles. The van der Waals surface area contributed by atoms with Crippen LogP contribution in [-0.4, -0.2) is 49.7 Å². The minimum absolute atomic E-state index is 0.0424. The van der Waals surface area contributed by atoms with Crippen LogP contribution in [0, 0.1) is 5.41 Å². The number of ether oxygens (including phenoxy) is 1. The summed E-state index contributed by atoms with van der Waals surface area (Å²) in [5, 5.41) is 5.37. The number of hydrogen-bond acceptors (Lipinski definition) is 3. The molecule has 0 radical (unpaired) electrons. The molecule has 28 heavy (non-hydrogen) atoms. The maximum absolute atomic E-state index is 13.1. The van der Waals surface area contributed by atoms with E-state index in [9.17, 15) is 4.79 Å². The Kier molecular flexibility index (Phi) is 5.84. The van der Waals surface area contributed by atoms with Crippen molar-refractivity contribution in [3.8, 4) is 5.75 Å². The van der Waals surface area contributed by atoms with Gasteiger partial charge in [0.25, 0.3) is 0 Å². The SMILES string of the molecule is COc1ccc(C(C)NC(=O)N(C)C2N(C)CCCC2(C)C)c2ccccc12. The second-order valence-corrected chi connectivity index (χ2v) is 8.63. The molecule has 2 aromatic rings. The van der Waals surface area contributed by atoms with E-state index in [2.05, 4.69) is 43.2 Å². The molecule has 1 aliphatic heterocycles. The molecular weight excluding hydrogens is 350 g/mol. The lowest BCUT2D eigenvalue weighted by Gasteiger charge is -2.49. The summed E-state index contributed by atoms with van der Waals surface area (Å²) in [5.74, 6) is 0.848. The number of likely N-dealkylation sites (tertiary alicyclic amines) is 1. The molecule has 0 spiro atoms. The van der Waals surface area contributed by atoms with E-state index in [1.807, 2.05) is 43.1 Å². The Morgan fingerprint density at radius 2 is 1.93 bits per heavy atom. The second kappa shape index (κ2) is 8.00. The highest BCUT2D eigenvalue weighted by Gasteiger charge is 2.40. The van der Waals surface area contributed by atoms with E-state index < -0.39 is 0 Å². The van der Waals surface area contributed by atoms with Crippen LogP contribution in [0.3, 0.4) is 0 Å². The Morgan fingerprint density at radius 3 is 2.57 bits per heavy atom. The topological polar surface area (TPSA) is 44.8 Å². The molecule has 2 atom stereocenters. The van der Waals surface area contributed by atoms with Gasteiger partial charge in [-0.1, -0.05) is 44.2 Å². The van der Waals surface area contributed by atoms with E-state index in [1.54, 1.807) is 7.11 Å². The Bertz CT molecular complexity index is 849. The molecule has 5 heteroatoms. The molecule has 2 aromatic carbocycles. The summed E-state index contributed by atoms with van der Waals surface area (Å²) in [4.78, 5) is 17.2. The molecule has 3 rings (SSSR count). The Balaban J connectivity index is 1.82. The number of urea groups is 1. The Morgan fingerprint density at radius 1 is 1.25 bits per heavy atom. The summed E-state index contributed by atoms with van der Waals surface area (Å²) < 4.78 is 5.49. The molecule has 0 aromatic heterocycles. The third-order valence-corrected chi connectivity index (χ3v) is 6.08. The average molecular weight is 384 g/mol. The monoisotopic (exact) mass is 383 g/mol. The summed E-state index contributed by atoms with van der Waals surface area (Å²) in [6.45, 7) is 7.55. The van der Waals surface area contributed by atoms with Crippen molar-refractivity contribution in [2.24, 2.45) is 5.41 Å². The van der Waals surface area contributed by atoms with Crippen molar-refractivity contribution in [2.75, 3.05) is 27.7 Å². The van der Waals surface area contributed by atoms with Crippen LogP contribution in [0.2, 0.25) is 0 Å². The van der Waals surface area contributed by atoms with Gasteiger partial charge in [0.05, 0.1) is 19.3 Å². The summed E-state index contributed by atoms with van der Waals surface area (Å²) in [7, 11) is 5.70. The van der Waals surface area contributed by atoms with Crippen LogP contribution in [0.5, 0.6) is 5.75 Å². The molecule has 0 aliphatic carbocycles. The standard InChI is InChI=1S/C23H33N3O2/c1-16(17-12-13-20(28-6)19-11-8-7-10-18(17)19)24-22(27)26(5)21-23(2,3)14-9-15-25(21)4/h7-8,10-13,16,21H,9,14-15H2,1-6H3,(H,24,27). The third kappa shape index (κ3) is 3.81. The van der Waals surface area contributed by atoms with Crippen molar-refractivity contribution in [1.29, 1.82) is 0 Å². The first-order valence-corrected chi connectivity index (χ1v) is 10.1. The van der Waals surface area contributed by atoms with Crippen LogP contribution in [0.15, 0.2) is 36.4 Å². The first-order valence-electron chi connectivity index (χ1n) is 10.1. The highest BCUT2D eigenvalue weighted by molar-refractivity contribution is 5.91. The van der Waals surface area contributed by atoms with Gasteiger partial charge in [0, 0.05) is 12.4 Å². The van der Waals surface area contributed by atoms with Crippen LogP contribution in [-0.2, 0) is 0 Å². The van der Waals surface area contributed by atoms with Crippen molar-refractivity contribution < 1.29 is 9.53 Å². The zero-order chi connectivity index (χ0) is 20.5. The van der Waals surface area contributed by atoms with Gasteiger partial charge in [0.1, 0.15) is 5.75 Å². The van der Waals surface area contributed by atoms with Crippen molar-refractivity contribution >= 4 is 16.8 Å². The largest absolute Gasteiger partial charge is 0.496 e. The smallest absolute Gasteiger partial charge is 0.318 e. The minimum Gasteiger partial charge on any atom is -0.496 e. The zero-order valence-electron chi connectivity index (χ0n) is 18.0. The van der Waals surface area contributed by atoms with Gasteiger partial charge in [-0.25, -0.2) is 4.79 Å². The van der Waals surface area contributed by atoms with Gasteiger partial charge in [-0.15, -0.1) is 0 Å². The van der Waals surface area contributed by atoms with Gasteiger partial charge >= 0.3 is 6.03 Å². The molecule has 1 N–H and O–H groups in total. The van der Waals surface area contributed by atoms with Crippen LogP contribution in [0.25, 0.3) is 10.8 Å². The predicted molar refractivity (Wildman–Crippen MR) is 115 cm³/mol. The van der Waals surface area contributed by atoms with E-state index in [-0.39, 0.29) is 23.7 Å². The predicted octanol–water partition coefficient (Wildman–Crippen LogP) is 4.63. The van der Waals surface area contributed by atoms with E-state index in [4.69, 9.17) is 4.74 Å². The molecule has 0 bridgehead atoms. The molecule has 1 fully saturated rings. The molecule has 2 unspecified atom stereocenters. The number of piperidine rings is 1. The quantitative estimate of drug-likeness (QED) is 0.837. The second-order valence-electron chi connectivity index (χ2n) is 8.63. The van der Waals surface area contributed by atoms with Gasteiger partial charge in [-0.3, -0.25) is 4.90 Å². The lowest BCUT2D eigenvalue weighted by atomic mass is 9.80. The van der Waals surface area contributed by atoms with Crippen LogP contribution in [0.1, 0.15) is 45.2 Å². The Hall–Kier alpha value is -2.27. The molecule has 152 valence electrons. The third-order valence-electron chi connectivity index (χ3n) is 6.08. The maximum Gasteiger partial charge on any atom is 0.318 e. The van der Waals surface area contributed by atoms with Gasteiger partial charge in [0.2, 0.25) is 0 Å². The normalized spacial score (nSPS) is 20.6. The maximum atomic E-state index is 13.1. The summed E-state index contributed by atoms with van der Waals surface area (Å²) in [6, 6.07) is 12.0. The molecule has 2 amide bonds. The van der Waals surface area contributed by atoms with Crippen molar-refractivity contribution in [1.82, 2.24) is 15.1 Å². The Labute approximate surface area is 168 Å². The number of benzene rings is 2. The number of hydrogen-bond donors (Lipinski definition) is 1. The van der Waals surface area contributed by atoms with Crippen molar-refractivity contribution in [3.05, 3.63) is 42.0 Å².